The predicted octanol–water partition coefficient (Wildman–Crippen LogP) is 1.29. The standard InChI is InChI=1S/C14H14FN3O3S/c15-22(20,21)12-3-1-10(2-4-12)14(19)17-11-5-7-18-8-6-16-13(18)9-11/h1-4,6,8,11H,5,7,9H2,(H,17,19). The van der Waals surface area contributed by atoms with E-state index in [1.807, 2.05) is 10.8 Å². The van der Waals surface area contributed by atoms with Crippen LogP contribution in [0.3, 0.4) is 0 Å². The maximum absolute atomic E-state index is 12.8. The lowest BCUT2D eigenvalue weighted by molar-refractivity contribution is 0.0930. The molecule has 2 heterocycles. The van der Waals surface area contributed by atoms with Gasteiger partial charge in [-0.2, -0.15) is 8.42 Å². The number of carbonyl (C=O) groups is 1. The van der Waals surface area contributed by atoms with Gasteiger partial charge in [0.2, 0.25) is 0 Å². The summed E-state index contributed by atoms with van der Waals surface area (Å²) in [5.41, 5.74) is 0.293. The van der Waals surface area contributed by atoms with Gasteiger partial charge in [0, 0.05) is 37.0 Å². The van der Waals surface area contributed by atoms with E-state index in [9.17, 15) is 17.1 Å². The van der Waals surface area contributed by atoms with Crippen molar-refractivity contribution in [3.63, 3.8) is 0 Å². The van der Waals surface area contributed by atoms with Gasteiger partial charge in [0.1, 0.15) is 5.82 Å². The largest absolute Gasteiger partial charge is 0.349 e. The molecule has 3 rings (SSSR count). The number of fused-ring (bicyclic) bond motifs is 1. The summed E-state index contributed by atoms with van der Waals surface area (Å²) in [7, 11) is -4.74. The Hall–Kier alpha value is -2.22. The highest BCUT2D eigenvalue weighted by Gasteiger charge is 2.21. The van der Waals surface area contributed by atoms with Crippen LogP contribution in [0.25, 0.3) is 0 Å². The van der Waals surface area contributed by atoms with Gasteiger partial charge >= 0.3 is 10.2 Å². The average molecular weight is 323 g/mol. The minimum Gasteiger partial charge on any atom is -0.349 e. The number of halogens is 1. The van der Waals surface area contributed by atoms with E-state index in [1.165, 1.54) is 12.1 Å². The Labute approximate surface area is 127 Å². The molecule has 1 N–H and O–H groups in total. The molecule has 22 heavy (non-hydrogen) atoms. The third-order valence-corrected chi connectivity index (χ3v) is 4.52. The smallest absolute Gasteiger partial charge is 0.332 e. The number of imidazole rings is 1. The topological polar surface area (TPSA) is 81.1 Å². The first-order valence-corrected chi connectivity index (χ1v) is 8.17. The number of amides is 1. The number of nitrogens with one attached hydrogen (secondary N) is 1. The molecule has 0 aliphatic carbocycles. The number of hydrogen-bond acceptors (Lipinski definition) is 4. The molecule has 0 saturated heterocycles. The van der Waals surface area contributed by atoms with E-state index in [1.54, 1.807) is 6.20 Å². The second kappa shape index (κ2) is 5.53. The van der Waals surface area contributed by atoms with E-state index in [0.29, 0.717) is 12.0 Å². The monoisotopic (exact) mass is 323 g/mol. The number of nitrogens with zero attached hydrogens (tertiary/aromatic N) is 2. The SMILES string of the molecule is O=C(NC1CCn2ccnc2C1)c1ccc(S(=O)(=O)F)cc1. The summed E-state index contributed by atoms with van der Waals surface area (Å²) in [6.45, 7) is 0.791. The predicted molar refractivity (Wildman–Crippen MR) is 76.5 cm³/mol. The quantitative estimate of drug-likeness (QED) is 0.863. The zero-order valence-electron chi connectivity index (χ0n) is 11.6. The lowest BCUT2D eigenvalue weighted by atomic mass is 10.1. The van der Waals surface area contributed by atoms with Crippen molar-refractivity contribution in [3.05, 3.63) is 48.0 Å². The van der Waals surface area contributed by atoms with Crippen LogP contribution in [-0.2, 0) is 23.2 Å². The first-order valence-electron chi connectivity index (χ1n) is 6.79. The van der Waals surface area contributed by atoms with E-state index in [0.717, 1.165) is 30.9 Å². The summed E-state index contributed by atoms with van der Waals surface area (Å²) in [5, 5.41) is 2.89. The Balaban J connectivity index is 1.68. The van der Waals surface area contributed by atoms with Crippen molar-refractivity contribution in [2.45, 2.75) is 30.3 Å². The third kappa shape index (κ3) is 3.01. The van der Waals surface area contributed by atoms with Crippen LogP contribution >= 0.6 is 0 Å². The number of benzene rings is 1. The zero-order chi connectivity index (χ0) is 15.7. The first-order chi connectivity index (χ1) is 10.4. The van der Waals surface area contributed by atoms with Crippen molar-refractivity contribution >= 4 is 16.1 Å². The number of carbonyl (C=O) groups excluding carboxylic acids is 1. The molecule has 1 aromatic carbocycles. The van der Waals surface area contributed by atoms with Gasteiger partial charge in [-0.25, -0.2) is 4.98 Å². The molecule has 1 amide bonds. The van der Waals surface area contributed by atoms with Gasteiger partial charge in [0.25, 0.3) is 5.91 Å². The summed E-state index contributed by atoms with van der Waals surface area (Å²) >= 11 is 0. The van der Waals surface area contributed by atoms with Crippen LogP contribution in [0.1, 0.15) is 22.6 Å². The Morgan fingerprint density at radius 3 is 2.73 bits per heavy atom. The number of hydrogen-bond donors (Lipinski definition) is 1. The molecule has 0 spiro atoms. The molecule has 116 valence electrons. The van der Waals surface area contributed by atoms with Crippen molar-refractivity contribution < 1.29 is 17.1 Å². The minimum absolute atomic E-state index is 0.0213. The Morgan fingerprint density at radius 1 is 1.32 bits per heavy atom. The van der Waals surface area contributed by atoms with Crippen LogP contribution in [0.15, 0.2) is 41.6 Å². The van der Waals surface area contributed by atoms with Gasteiger partial charge in [0.05, 0.1) is 4.90 Å². The number of rotatable bonds is 3. The summed E-state index contributed by atoms with van der Waals surface area (Å²) in [6.07, 6.45) is 5.08. The van der Waals surface area contributed by atoms with E-state index < -0.39 is 15.1 Å². The fourth-order valence-corrected chi connectivity index (χ4v) is 2.97. The Bertz CT molecular complexity index is 799. The second-order valence-corrected chi connectivity index (χ2v) is 6.51. The highest BCUT2D eigenvalue weighted by molar-refractivity contribution is 7.86. The fourth-order valence-electron chi connectivity index (χ4n) is 2.51. The molecule has 6 nitrogen and oxygen atoms in total. The van der Waals surface area contributed by atoms with E-state index in [-0.39, 0.29) is 11.9 Å². The normalized spacial score (nSPS) is 17.8. The maximum Gasteiger partial charge on any atom is 0.332 e. The van der Waals surface area contributed by atoms with E-state index in [4.69, 9.17) is 0 Å². The molecule has 1 aliphatic rings. The molecule has 1 aliphatic heterocycles. The highest BCUT2D eigenvalue weighted by Crippen LogP contribution is 2.15. The lowest BCUT2D eigenvalue weighted by Gasteiger charge is -2.24. The Morgan fingerprint density at radius 2 is 2.05 bits per heavy atom. The molecule has 1 atom stereocenters. The van der Waals surface area contributed by atoms with Crippen LogP contribution < -0.4 is 5.32 Å². The van der Waals surface area contributed by atoms with E-state index >= 15 is 0 Å². The van der Waals surface area contributed by atoms with Gasteiger partial charge in [-0.15, -0.1) is 3.89 Å². The van der Waals surface area contributed by atoms with Crippen molar-refractivity contribution in [3.8, 4) is 0 Å². The molecular formula is C14H14FN3O3S. The summed E-state index contributed by atoms with van der Waals surface area (Å²) < 4.78 is 36.3. The molecule has 0 fully saturated rings. The molecule has 8 heteroatoms. The number of aryl methyl sites for hydroxylation is 1. The van der Waals surface area contributed by atoms with Crippen molar-refractivity contribution in [1.29, 1.82) is 0 Å². The van der Waals surface area contributed by atoms with Crippen molar-refractivity contribution in [2.24, 2.45) is 0 Å². The number of aromatic nitrogens is 2. The van der Waals surface area contributed by atoms with Crippen LogP contribution in [0.5, 0.6) is 0 Å². The molecule has 2 aromatic rings. The van der Waals surface area contributed by atoms with Crippen molar-refractivity contribution in [2.75, 3.05) is 0 Å². The molecule has 0 bridgehead atoms. The second-order valence-electron chi connectivity index (χ2n) is 5.16. The summed E-state index contributed by atoms with van der Waals surface area (Å²) in [5.74, 6) is 0.614. The first kappa shape index (κ1) is 14.7. The van der Waals surface area contributed by atoms with Gasteiger partial charge in [-0.3, -0.25) is 4.79 Å². The Kier molecular flexibility index (Phi) is 3.69. The molecular weight excluding hydrogens is 309 g/mol. The zero-order valence-corrected chi connectivity index (χ0v) is 12.4. The summed E-state index contributed by atoms with van der Waals surface area (Å²) in [6, 6.07) is 4.74. The average Bonchev–Trinajstić information content (AvgIpc) is 2.94. The third-order valence-electron chi connectivity index (χ3n) is 3.68. The summed E-state index contributed by atoms with van der Waals surface area (Å²) in [4.78, 5) is 15.9. The van der Waals surface area contributed by atoms with Gasteiger partial charge < -0.3 is 9.88 Å². The van der Waals surface area contributed by atoms with Crippen LogP contribution in [0.2, 0.25) is 0 Å². The highest BCUT2D eigenvalue weighted by atomic mass is 32.3. The van der Waals surface area contributed by atoms with Crippen LogP contribution in [0, 0.1) is 0 Å². The van der Waals surface area contributed by atoms with Gasteiger partial charge in [-0.1, -0.05) is 0 Å². The molecule has 1 aromatic heterocycles. The fraction of sp³-hybridized carbons (Fsp3) is 0.286. The van der Waals surface area contributed by atoms with Gasteiger partial charge in [-0.05, 0) is 30.7 Å². The van der Waals surface area contributed by atoms with Gasteiger partial charge in [0.15, 0.2) is 0 Å². The molecule has 1 unspecified atom stereocenters. The minimum atomic E-state index is -4.74. The van der Waals surface area contributed by atoms with E-state index in [2.05, 4.69) is 10.3 Å². The van der Waals surface area contributed by atoms with Crippen LogP contribution in [-0.4, -0.2) is 29.9 Å². The molecule has 0 saturated carbocycles. The van der Waals surface area contributed by atoms with Crippen LogP contribution in [0.4, 0.5) is 3.89 Å². The lowest BCUT2D eigenvalue weighted by Crippen LogP contribution is -2.40. The maximum atomic E-state index is 12.8. The molecule has 0 radical (unpaired) electrons. The van der Waals surface area contributed by atoms with Crippen molar-refractivity contribution in [1.82, 2.24) is 14.9 Å².